The lowest BCUT2D eigenvalue weighted by Crippen LogP contribution is -2.07. The van der Waals surface area contributed by atoms with Gasteiger partial charge in [0.05, 0.1) is 22.9 Å². The zero-order valence-corrected chi connectivity index (χ0v) is 10.5. The predicted molar refractivity (Wildman–Crippen MR) is 71.2 cm³/mol. The summed E-state index contributed by atoms with van der Waals surface area (Å²) in [5.41, 5.74) is 9.49. The SMILES string of the molecule is Cc1cc(N)c(Cl)cc1NC(C)c1cn[nH]c1. The molecule has 0 amide bonds. The minimum Gasteiger partial charge on any atom is -0.398 e. The number of nitrogens with one attached hydrogen (secondary N) is 2. The molecule has 5 heteroatoms. The Balaban J connectivity index is 2.22. The molecule has 1 heterocycles. The van der Waals surface area contributed by atoms with Crippen LogP contribution in [-0.2, 0) is 0 Å². The average molecular weight is 251 g/mol. The van der Waals surface area contributed by atoms with Gasteiger partial charge < -0.3 is 11.1 Å². The normalized spacial score (nSPS) is 12.4. The molecular formula is C12H15ClN4. The number of benzene rings is 1. The third-order valence-corrected chi connectivity index (χ3v) is 3.06. The number of nitrogens with two attached hydrogens (primary N) is 1. The molecule has 0 fully saturated rings. The largest absolute Gasteiger partial charge is 0.398 e. The van der Waals surface area contributed by atoms with Gasteiger partial charge in [-0.15, -0.1) is 0 Å². The summed E-state index contributed by atoms with van der Waals surface area (Å²) in [4.78, 5) is 0. The summed E-state index contributed by atoms with van der Waals surface area (Å²) in [6.07, 6.45) is 3.66. The van der Waals surface area contributed by atoms with Gasteiger partial charge in [-0.2, -0.15) is 5.10 Å². The molecule has 0 aliphatic rings. The lowest BCUT2D eigenvalue weighted by Gasteiger charge is -2.16. The third kappa shape index (κ3) is 2.53. The first-order valence-electron chi connectivity index (χ1n) is 5.38. The summed E-state index contributed by atoms with van der Waals surface area (Å²) in [7, 11) is 0. The molecule has 1 aromatic carbocycles. The summed E-state index contributed by atoms with van der Waals surface area (Å²) in [5.74, 6) is 0. The van der Waals surface area contributed by atoms with Crippen LogP contribution in [0.4, 0.5) is 11.4 Å². The van der Waals surface area contributed by atoms with E-state index >= 15 is 0 Å². The van der Waals surface area contributed by atoms with Crippen LogP contribution in [0.25, 0.3) is 0 Å². The fourth-order valence-electron chi connectivity index (χ4n) is 1.67. The smallest absolute Gasteiger partial charge is 0.0656 e. The van der Waals surface area contributed by atoms with E-state index in [2.05, 4.69) is 22.4 Å². The van der Waals surface area contributed by atoms with Crippen LogP contribution in [0.1, 0.15) is 24.1 Å². The van der Waals surface area contributed by atoms with E-state index < -0.39 is 0 Å². The molecule has 0 saturated carbocycles. The molecule has 2 rings (SSSR count). The first kappa shape index (κ1) is 11.8. The van der Waals surface area contributed by atoms with Crippen molar-refractivity contribution in [2.45, 2.75) is 19.9 Å². The molecule has 0 aliphatic heterocycles. The molecule has 90 valence electrons. The van der Waals surface area contributed by atoms with Crippen molar-refractivity contribution in [1.82, 2.24) is 10.2 Å². The average Bonchev–Trinajstić information content (AvgIpc) is 2.79. The lowest BCUT2D eigenvalue weighted by atomic mass is 10.1. The van der Waals surface area contributed by atoms with E-state index in [0.29, 0.717) is 10.7 Å². The number of rotatable bonds is 3. The Morgan fingerprint density at radius 3 is 2.88 bits per heavy atom. The van der Waals surface area contributed by atoms with Gasteiger partial charge in [-0.3, -0.25) is 5.10 Å². The highest BCUT2D eigenvalue weighted by molar-refractivity contribution is 6.33. The van der Waals surface area contributed by atoms with Crippen molar-refractivity contribution < 1.29 is 0 Å². The summed E-state index contributed by atoms with van der Waals surface area (Å²) < 4.78 is 0. The Morgan fingerprint density at radius 1 is 1.47 bits per heavy atom. The van der Waals surface area contributed by atoms with Crippen LogP contribution in [0.3, 0.4) is 0 Å². The molecule has 0 aliphatic carbocycles. The molecule has 1 atom stereocenters. The van der Waals surface area contributed by atoms with Crippen LogP contribution in [0, 0.1) is 6.92 Å². The number of halogens is 1. The van der Waals surface area contributed by atoms with Gasteiger partial charge in [0.1, 0.15) is 0 Å². The molecular weight excluding hydrogens is 236 g/mol. The Kier molecular flexibility index (Phi) is 3.24. The maximum Gasteiger partial charge on any atom is 0.0656 e. The number of nitrogen functional groups attached to an aromatic ring is 1. The minimum absolute atomic E-state index is 0.159. The van der Waals surface area contributed by atoms with Gasteiger partial charge in [-0.1, -0.05) is 11.6 Å². The summed E-state index contributed by atoms with van der Waals surface area (Å²) in [6, 6.07) is 3.88. The fourth-order valence-corrected chi connectivity index (χ4v) is 1.84. The number of hydrogen-bond acceptors (Lipinski definition) is 3. The Morgan fingerprint density at radius 2 is 2.24 bits per heavy atom. The topological polar surface area (TPSA) is 66.7 Å². The molecule has 4 nitrogen and oxygen atoms in total. The van der Waals surface area contributed by atoms with Crippen LogP contribution >= 0.6 is 11.6 Å². The first-order valence-corrected chi connectivity index (χ1v) is 5.76. The van der Waals surface area contributed by atoms with Crippen LogP contribution < -0.4 is 11.1 Å². The van der Waals surface area contributed by atoms with Crippen molar-refractivity contribution in [3.63, 3.8) is 0 Å². The Hall–Kier alpha value is -1.68. The molecule has 0 bridgehead atoms. The predicted octanol–water partition coefficient (Wildman–Crippen LogP) is 3.13. The van der Waals surface area contributed by atoms with E-state index in [1.165, 1.54) is 0 Å². The number of aryl methyl sites for hydroxylation is 1. The highest BCUT2D eigenvalue weighted by atomic mass is 35.5. The van der Waals surface area contributed by atoms with Crippen LogP contribution in [-0.4, -0.2) is 10.2 Å². The zero-order chi connectivity index (χ0) is 12.4. The van der Waals surface area contributed by atoms with E-state index in [4.69, 9.17) is 17.3 Å². The van der Waals surface area contributed by atoms with Gasteiger partial charge in [-0.05, 0) is 31.5 Å². The molecule has 4 N–H and O–H groups in total. The quantitative estimate of drug-likeness (QED) is 0.734. The van der Waals surface area contributed by atoms with Gasteiger partial charge in [0.25, 0.3) is 0 Å². The van der Waals surface area contributed by atoms with E-state index in [1.54, 1.807) is 6.20 Å². The second-order valence-electron chi connectivity index (χ2n) is 4.09. The summed E-state index contributed by atoms with van der Waals surface area (Å²) in [5, 5.41) is 10.7. The zero-order valence-electron chi connectivity index (χ0n) is 9.79. The maximum absolute atomic E-state index is 6.01. The third-order valence-electron chi connectivity index (χ3n) is 2.74. The van der Waals surface area contributed by atoms with E-state index in [-0.39, 0.29) is 6.04 Å². The molecule has 1 aromatic heterocycles. The van der Waals surface area contributed by atoms with Gasteiger partial charge >= 0.3 is 0 Å². The molecule has 2 aromatic rings. The van der Waals surface area contributed by atoms with E-state index in [0.717, 1.165) is 16.8 Å². The van der Waals surface area contributed by atoms with Crippen molar-refractivity contribution in [2.75, 3.05) is 11.1 Å². The second-order valence-corrected chi connectivity index (χ2v) is 4.49. The lowest BCUT2D eigenvalue weighted by molar-refractivity contribution is 0.884. The fraction of sp³-hybridized carbons (Fsp3) is 0.250. The summed E-state index contributed by atoms with van der Waals surface area (Å²) in [6.45, 7) is 4.06. The van der Waals surface area contributed by atoms with Crippen molar-refractivity contribution in [1.29, 1.82) is 0 Å². The van der Waals surface area contributed by atoms with Gasteiger partial charge in [0.15, 0.2) is 0 Å². The van der Waals surface area contributed by atoms with Gasteiger partial charge in [0.2, 0.25) is 0 Å². The number of nitrogens with zero attached hydrogens (tertiary/aromatic N) is 1. The van der Waals surface area contributed by atoms with E-state index in [9.17, 15) is 0 Å². The number of aromatic amines is 1. The van der Waals surface area contributed by atoms with Crippen molar-refractivity contribution >= 4 is 23.0 Å². The number of hydrogen-bond donors (Lipinski definition) is 3. The number of anilines is 2. The standard InChI is InChI=1S/C12H15ClN4/c1-7-3-11(14)10(13)4-12(7)17-8(2)9-5-15-16-6-9/h3-6,8,17H,14H2,1-2H3,(H,15,16). The second kappa shape index (κ2) is 4.67. The van der Waals surface area contributed by atoms with Crippen molar-refractivity contribution in [3.05, 3.63) is 40.7 Å². The maximum atomic E-state index is 6.01. The van der Waals surface area contributed by atoms with Gasteiger partial charge in [0, 0.05) is 17.4 Å². The minimum atomic E-state index is 0.159. The van der Waals surface area contributed by atoms with Crippen LogP contribution in [0.15, 0.2) is 24.5 Å². The van der Waals surface area contributed by atoms with Crippen LogP contribution in [0.2, 0.25) is 5.02 Å². The highest BCUT2D eigenvalue weighted by Crippen LogP contribution is 2.29. The number of aromatic nitrogens is 2. The van der Waals surface area contributed by atoms with Gasteiger partial charge in [-0.25, -0.2) is 0 Å². The monoisotopic (exact) mass is 250 g/mol. The van der Waals surface area contributed by atoms with Crippen molar-refractivity contribution in [2.24, 2.45) is 0 Å². The highest BCUT2D eigenvalue weighted by Gasteiger charge is 2.09. The molecule has 17 heavy (non-hydrogen) atoms. The Labute approximate surface area is 105 Å². The molecule has 0 radical (unpaired) electrons. The van der Waals surface area contributed by atoms with Crippen molar-refractivity contribution in [3.8, 4) is 0 Å². The number of H-pyrrole nitrogens is 1. The molecule has 1 unspecified atom stereocenters. The summed E-state index contributed by atoms with van der Waals surface area (Å²) >= 11 is 6.01. The first-order chi connectivity index (χ1) is 8.08. The Bertz CT molecular complexity index is 507. The van der Waals surface area contributed by atoms with E-state index in [1.807, 2.05) is 25.3 Å². The molecule has 0 spiro atoms. The van der Waals surface area contributed by atoms with Crippen LogP contribution in [0.5, 0.6) is 0 Å². The molecule has 0 saturated heterocycles.